The number of hydrogen-bond acceptors (Lipinski definition) is 10. The van der Waals surface area contributed by atoms with Crippen LogP contribution in [0, 0.1) is 6.92 Å². The van der Waals surface area contributed by atoms with Gasteiger partial charge in [-0.25, -0.2) is 0 Å². The molecule has 0 radical (unpaired) electrons. The lowest BCUT2D eigenvalue weighted by molar-refractivity contribution is -0.132. The highest BCUT2D eigenvalue weighted by atomic mass is 32.1. The van der Waals surface area contributed by atoms with Crippen LogP contribution in [0.5, 0.6) is 23.0 Å². The van der Waals surface area contributed by atoms with Gasteiger partial charge in [-0.15, -0.1) is 10.2 Å². The van der Waals surface area contributed by atoms with Gasteiger partial charge in [0.05, 0.1) is 24.8 Å². The zero-order chi connectivity index (χ0) is 26.1. The summed E-state index contributed by atoms with van der Waals surface area (Å²) in [6.07, 6.45) is 0. The lowest BCUT2D eigenvalue weighted by Gasteiger charge is -2.24. The number of aromatic nitrogens is 2. The second-order valence-corrected chi connectivity index (χ2v) is 9.36. The van der Waals surface area contributed by atoms with Gasteiger partial charge in [-0.2, -0.15) is 0 Å². The number of fused-ring (bicyclic) bond motifs is 1. The van der Waals surface area contributed by atoms with Gasteiger partial charge >= 0.3 is 5.91 Å². The number of ether oxygens (including phenoxy) is 4. The molecule has 5 rings (SSSR count). The second-order valence-electron chi connectivity index (χ2n) is 8.20. The predicted octanol–water partition coefficient (Wildman–Crippen LogP) is 4.04. The average Bonchev–Trinajstić information content (AvgIpc) is 3.44. The third kappa shape index (κ3) is 4.46. The van der Waals surface area contributed by atoms with Crippen LogP contribution in [-0.2, 0) is 9.59 Å². The van der Waals surface area contributed by atoms with Crippen LogP contribution in [0.4, 0.5) is 5.13 Å². The SMILES string of the molecule is CCOc1ccc(C2C(=C(O)c3ccc4c(c3)OCCO4)C(=O)C(=O)N2c2nnc(C)s2)cc1OCC. The first-order valence-corrected chi connectivity index (χ1v) is 12.6. The van der Waals surface area contributed by atoms with Crippen molar-refractivity contribution in [3.63, 3.8) is 0 Å². The molecule has 10 nitrogen and oxygen atoms in total. The Morgan fingerprint density at radius 2 is 1.76 bits per heavy atom. The van der Waals surface area contributed by atoms with E-state index < -0.39 is 17.7 Å². The van der Waals surface area contributed by atoms with E-state index in [-0.39, 0.29) is 16.5 Å². The second kappa shape index (κ2) is 10.1. The highest BCUT2D eigenvalue weighted by molar-refractivity contribution is 7.15. The van der Waals surface area contributed by atoms with Crippen molar-refractivity contribution in [1.82, 2.24) is 10.2 Å². The van der Waals surface area contributed by atoms with Crippen LogP contribution in [0.1, 0.15) is 36.0 Å². The van der Waals surface area contributed by atoms with Gasteiger partial charge in [0.25, 0.3) is 5.78 Å². The fourth-order valence-electron chi connectivity index (χ4n) is 4.31. The molecular formula is C26H25N3O7S. The van der Waals surface area contributed by atoms with Gasteiger partial charge in [-0.05, 0) is 56.7 Å². The Morgan fingerprint density at radius 1 is 1.03 bits per heavy atom. The first-order valence-electron chi connectivity index (χ1n) is 11.8. The molecule has 2 aliphatic heterocycles. The van der Waals surface area contributed by atoms with Crippen molar-refractivity contribution in [3.05, 3.63) is 58.1 Å². The molecule has 1 saturated heterocycles. The summed E-state index contributed by atoms with van der Waals surface area (Å²) in [5.41, 5.74) is 0.774. The molecule has 0 spiro atoms. The highest BCUT2D eigenvalue weighted by Gasteiger charge is 2.48. The number of aliphatic hydroxyl groups excluding tert-OH is 1. The molecular weight excluding hydrogens is 498 g/mol. The standard InChI is InChI=1S/C26H25N3O7S/c1-4-33-17-8-6-15(12-19(17)34-5-2)22-21(24(31)25(32)29(22)26-28-27-14(3)37-26)23(30)16-7-9-18-20(13-16)36-11-10-35-18/h6-9,12-13,22,30H,4-5,10-11H2,1-3H3. The van der Waals surface area contributed by atoms with Gasteiger partial charge in [-0.1, -0.05) is 17.4 Å². The van der Waals surface area contributed by atoms with E-state index in [0.717, 1.165) is 0 Å². The number of carbonyl (C=O) groups is 2. The van der Waals surface area contributed by atoms with Crippen LogP contribution in [0.3, 0.4) is 0 Å². The number of aliphatic hydroxyl groups is 1. The summed E-state index contributed by atoms with van der Waals surface area (Å²) in [4.78, 5) is 28.0. The van der Waals surface area contributed by atoms with E-state index in [9.17, 15) is 14.7 Å². The number of hydrogen-bond donors (Lipinski definition) is 1. The smallest absolute Gasteiger partial charge is 0.301 e. The van der Waals surface area contributed by atoms with Gasteiger partial charge in [-0.3, -0.25) is 14.5 Å². The minimum absolute atomic E-state index is 0.0823. The fourth-order valence-corrected chi connectivity index (χ4v) is 5.03. The highest BCUT2D eigenvalue weighted by Crippen LogP contribution is 2.45. The minimum Gasteiger partial charge on any atom is -0.507 e. The number of ketones is 1. The lowest BCUT2D eigenvalue weighted by Crippen LogP contribution is -2.29. The quantitative estimate of drug-likeness (QED) is 0.278. The Balaban J connectivity index is 1.69. The van der Waals surface area contributed by atoms with Crippen LogP contribution in [0.15, 0.2) is 42.0 Å². The summed E-state index contributed by atoms with van der Waals surface area (Å²) in [7, 11) is 0. The predicted molar refractivity (Wildman–Crippen MR) is 136 cm³/mol. The van der Waals surface area contributed by atoms with Gasteiger partial charge in [0.2, 0.25) is 5.13 Å². The van der Waals surface area contributed by atoms with Crippen molar-refractivity contribution in [3.8, 4) is 23.0 Å². The van der Waals surface area contributed by atoms with E-state index in [0.29, 0.717) is 65.6 Å². The third-order valence-electron chi connectivity index (χ3n) is 5.86. The summed E-state index contributed by atoms with van der Waals surface area (Å²) in [5, 5.41) is 20.4. The molecule has 1 aromatic heterocycles. The number of nitrogens with zero attached hydrogens (tertiary/aromatic N) is 3. The molecule has 1 amide bonds. The largest absolute Gasteiger partial charge is 0.507 e. The molecule has 0 aliphatic carbocycles. The van der Waals surface area contributed by atoms with Crippen molar-refractivity contribution in [1.29, 1.82) is 0 Å². The third-order valence-corrected chi connectivity index (χ3v) is 6.70. The van der Waals surface area contributed by atoms with Gasteiger partial charge < -0.3 is 24.1 Å². The Hall–Kier alpha value is -4.12. The molecule has 2 aromatic carbocycles. The van der Waals surface area contributed by atoms with Gasteiger partial charge in [0, 0.05) is 5.56 Å². The normalized spacial score (nSPS) is 18.2. The van der Waals surface area contributed by atoms with E-state index in [2.05, 4.69) is 10.2 Å². The molecule has 3 aromatic rings. The molecule has 3 heterocycles. The van der Waals surface area contributed by atoms with Crippen molar-refractivity contribution >= 4 is 33.9 Å². The van der Waals surface area contributed by atoms with E-state index in [1.165, 1.54) is 16.2 Å². The molecule has 1 unspecified atom stereocenters. The maximum atomic E-state index is 13.4. The zero-order valence-corrected chi connectivity index (χ0v) is 21.3. The molecule has 0 bridgehead atoms. The average molecular weight is 524 g/mol. The van der Waals surface area contributed by atoms with Crippen LogP contribution in [-0.4, -0.2) is 53.4 Å². The molecule has 1 fully saturated rings. The molecule has 0 saturated carbocycles. The molecule has 192 valence electrons. The Bertz CT molecular complexity index is 1400. The summed E-state index contributed by atoms with van der Waals surface area (Å²) in [5.74, 6) is -0.0125. The molecule has 37 heavy (non-hydrogen) atoms. The Labute approximate surface area is 217 Å². The topological polar surface area (TPSA) is 120 Å². The van der Waals surface area contributed by atoms with E-state index in [4.69, 9.17) is 18.9 Å². The van der Waals surface area contributed by atoms with Gasteiger partial charge in [0.1, 0.15) is 24.0 Å². The number of aryl methyl sites for hydroxylation is 1. The van der Waals surface area contributed by atoms with E-state index in [1.54, 1.807) is 43.3 Å². The van der Waals surface area contributed by atoms with Crippen molar-refractivity contribution in [2.24, 2.45) is 0 Å². The first kappa shape index (κ1) is 24.6. The molecule has 11 heteroatoms. The molecule has 1 N–H and O–H groups in total. The number of benzene rings is 2. The Kier molecular flexibility index (Phi) is 6.70. The fraction of sp³-hybridized carbons (Fsp3) is 0.308. The summed E-state index contributed by atoms with van der Waals surface area (Å²) >= 11 is 1.18. The van der Waals surface area contributed by atoms with E-state index in [1.807, 2.05) is 13.8 Å². The summed E-state index contributed by atoms with van der Waals surface area (Å²) in [6, 6.07) is 9.06. The first-order chi connectivity index (χ1) is 17.9. The number of amides is 1. The zero-order valence-electron chi connectivity index (χ0n) is 20.5. The van der Waals surface area contributed by atoms with E-state index >= 15 is 0 Å². The maximum Gasteiger partial charge on any atom is 0.301 e. The van der Waals surface area contributed by atoms with Crippen molar-refractivity contribution in [2.75, 3.05) is 31.3 Å². The van der Waals surface area contributed by atoms with Crippen molar-refractivity contribution in [2.45, 2.75) is 26.8 Å². The van der Waals surface area contributed by atoms with Crippen LogP contribution < -0.4 is 23.8 Å². The van der Waals surface area contributed by atoms with Crippen LogP contribution >= 0.6 is 11.3 Å². The molecule has 2 aliphatic rings. The lowest BCUT2D eigenvalue weighted by atomic mass is 9.95. The number of anilines is 1. The summed E-state index contributed by atoms with van der Waals surface area (Å²) in [6.45, 7) is 7.08. The molecule has 1 atom stereocenters. The summed E-state index contributed by atoms with van der Waals surface area (Å²) < 4.78 is 22.7. The van der Waals surface area contributed by atoms with Crippen molar-refractivity contribution < 1.29 is 33.6 Å². The maximum absolute atomic E-state index is 13.4. The van der Waals surface area contributed by atoms with Crippen LogP contribution in [0.25, 0.3) is 5.76 Å². The van der Waals surface area contributed by atoms with Crippen LogP contribution in [0.2, 0.25) is 0 Å². The number of carbonyl (C=O) groups excluding carboxylic acids is 2. The number of Topliss-reactive ketones (excluding diaryl/α,β-unsaturated/α-hetero) is 1. The number of rotatable bonds is 7. The monoisotopic (exact) mass is 523 g/mol. The van der Waals surface area contributed by atoms with Gasteiger partial charge in [0.15, 0.2) is 23.0 Å². The minimum atomic E-state index is -0.976. The Morgan fingerprint density at radius 3 is 2.46 bits per heavy atom.